The van der Waals surface area contributed by atoms with Crippen molar-refractivity contribution in [3.05, 3.63) is 35.4 Å². The zero-order valence-electron chi connectivity index (χ0n) is 12.1. The molecule has 20 heavy (non-hydrogen) atoms. The summed E-state index contributed by atoms with van der Waals surface area (Å²) in [6, 6.07) is 7.98. The maximum Gasteiger partial charge on any atom is 0.248 e. The first-order chi connectivity index (χ1) is 9.40. The van der Waals surface area contributed by atoms with Gasteiger partial charge >= 0.3 is 0 Å². The van der Waals surface area contributed by atoms with E-state index >= 15 is 0 Å². The fourth-order valence-corrected chi connectivity index (χ4v) is 3.31. The minimum Gasteiger partial charge on any atom is -0.340 e. The van der Waals surface area contributed by atoms with Gasteiger partial charge in [0, 0.05) is 6.04 Å². The lowest BCUT2D eigenvalue weighted by Gasteiger charge is -2.44. The highest BCUT2D eigenvalue weighted by Gasteiger charge is 2.46. The maximum atomic E-state index is 12.7. The van der Waals surface area contributed by atoms with Crippen LogP contribution in [-0.2, 0) is 22.4 Å². The molecule has 2 aliphatic rings. The third-order valence-corrected chi connectivity index (χ3v) is 4.42. The number of carbonyl (C=O) groups excluding carboxylic acids is 2. The number of benzene rings is 1. The van der Waals surface area contributed by atoms with Gasteiger partial charge < -0.3 is 10.2 Å². The molecule has 4 nitrogen and oxygen atoms in total. The molecule has 1 saturated heterocycles. The van der Waals surface area contributed by atoms with Crippen LogP contribution in [0, 0.1) is 0 Å². The molecular weight excluding hydrogens is 252 g/mol. The van der Waals surface area contributed by atoms with E-state index in [1.807, 2.05) is 19.1 Å². The van der Waals surface area contributed by atoms with Crippen molar-refractivity contribution in [2.24, 2.45) is 0 Å². The Morgan fingerprint density at radius 3 is 2.25 bits per heavy atom. The standard InChI is InChI=1S/C16H20N2O2/c1-10-14(19)17-16(2,3)15(20)18(10)13-8-11-6-4-5-7-12(11)9-13/h4-7,10,13H,8-9H2,1-3H3,(H,17,19). The normalized spacial score (nSPS) is 25.6. The average molecular weight is 272 g/mol. The molecule has 1 aromatic rings. The third-order valence-electron chi connectivity index (χ3n) is 4.42. The van der Waals surface area contributed by atoms with Crippen LogP contribution < -0.4 is 5.32 Å². The van der Waals surface area contributed by atoms with Gasteiger partial charge in [-0.3, -0.25) is 9.59 Å². The van der Waals surface area contributed by atoms with Gasteiger partial charge in [-0.05, 0) is 44.7 Å². The Labute approximate surface area is 119 Å². The summed E-state index contributed by atoms with van der Waals surface area (Å²) in [4.78, 5) is 26.5. The number of hydrogen-bond acceptors (Lipinski definition) is 2. The maximum absolute atomic E-state index is 12.7. The largest absolute Gasteiger partial charge is 0.340 e. The molecule has 4 heteroatoms. The van der Waals surface area contributed by atoms with Crippen molar-refractivity contribution in [1.29, 1.82) is 0 Å². The topological polar surface area (TPSA) is 49.4 Å². The lowest BCUT2D eigenvalue weighted by Crippen LogP contribution is -2.69. The summed E-state index contributed by atoms with van der Waals surface area (Å²) in [5.41, 5.74) is 1.78. The molecule has 0 saturated carbocycles. The number of amides is 2. The molecule has 106 valence electrons. The second kappa shape index (κ2) is 4.33. The molecule has 0 spiro atoms. The van der Waals surface area contributed by atoms with E-state index in [-0.39, 0.29) is 17.9 Å². The van der Waals surface area contributed by atoms with E-state index in [9.17, 15) is 9.59 Å². The number of piperazine rings is 1. The molecule has 3 rings (SSSR count). The summed E-state index contributed by atoms with van der Waals surface area (Å²) in [5, 5.41) is 2.80. The molecule has 1 unspecified atom stereocenters. The van der Waals surface area contributed by atoms with Crippen LogP contribution in [-0.4, -0.2) is 34.3 Å². The van der Waals surface area contributed by atoms with Gasteiger partial charge in [0.25, 0.3) is 0 Å². The average Bonchev–Trinajstić information content (AvgIpc) is 2.80. The van der Waals surface area contributed by atoms with Gasteiger partial charge in [-0.15, -0.1) is 0 Å². The van der Waals surface area contributed by atoms with Crippen molar-refractivity contribution in [1.82, 2.24) is 10.2 Å². The second-order valence-electron chi connectivity index (χ2n) is 6.33. The summed E-state index contributed by atoms with van der Waals surface area (Å²) in [7, 11) is 0. The fraction of sp³-hybridized carbons (Fsp3) is 0.500. The summed E-state index contributed by atoms with van der Waals surface area (Å²) in [5.74, 6) is -0.0482. The van der Waals surface area contributed by atoms with Crippen molar-refractivity contribution in [2.75, 3.05) is 0 Å². The summed E-state index contributed by atoms with van der Waals surface area (Å²) in [6.07, 6.45) is 1.69. The molecule has 2 amide bonds. The van der Waals surface area contributed by atoms with E-state index in [4.69, 9.17) is 0 Å². The molecule has 0 bridgehead atoms. The number of rotatable bonds is 1. The van der Waals surface area contributed by atoms with Crippen molar-refractivity contribution in [3.63, 3.8) is 0 Å². The van der Waals surface area contributed by atoms with E-state index in [2.05, 4.69) is 17.4 Å². The first kappa shape index (κ1) is 13.2. The van der Waals surface area contributed by atoms with E-state index < -0.39 is 11.6 Å². The lowest BCUT2D eigenvalue weighted by molar-refractivity contribution is -0.155. The smallest absolute Gasteiger partial charge is 0.248 e. The highest BCUT2D eigenvalue weighted by molar-refractivity contribution is 5.99. The van der Waals surface area contributed by atoms with Crippen LogP contribution in [0.1, 0.15) is 31.9 Å². The Hall–Kier alpha value is -1.84. The van der Waals surface area contributed by atoms with Crippen molar-refractivity contribution >= 4 is 11.8 Å². The number of hydrogen-bond donors (Lipinski definition) is 1. The first-order valence-electron chi connectivity index (χ1n) is 7.12. The number of nitrogens with zero attached hydrogens (tertiary/aromatic N) is 1. The highest BCUT2D eigenvalue weighted by Crippen LogP contribution is 2.30. The Balaban J connectivity index is 1.90. The summed E-state index contributed by atoms with van der Waals surface area (Å²) >= 11 is 0. The van der Waals surface area contributed by atoms with Crippen LogP contribution in [0.5, 0.6) is 0 Å². The van der Waals surface area contributed by atoms with Gasteiger partial charge in [0.2, 0.25) is 11.8 Å². The Bertz CT molecular complexity index is 555. The van der Waals surface area contributed by atoms with E-state index in [1.54, 1.807) is 18.7 Å². The molecule has 1 atom stereocenters. The quantitative estimate of drug-likeness (QED) is 0.837. The van der Waals surface area contributed by atoms with Crippen LogP contribution in [0.4, 0.5) is 0 Å². The minimum absolute atomic E-state index is 0.0161. The van der Waals surface area contributed by atoms with Crippen LogP contribution >= 0.6 is 0 Å². The van der Waals surface area contributed by atoms with Gasteiger partial charge in [-0.2, -0.15) is 0 Å². The minimum atomic E-state index is -0.807. The Morgan fingerprint density at radius 1 is 1.15 bits per heavy atom. The molecule has 1 fully saturated rings. The molecule has 0 aromatic heterocycles. The molecule has 1 aliphatic carbocycles. The molecule has 1 N–H and O–H groups in total. The predicted octanol–water partition coefficient (Wildman–Crippen LogP) is 1.28. The first-order valence-corrected chi connectivity index (χ1v) is 7.12. The number of fused-ring (bicyclic) bond motifs is 1. The second-order valence-corrected chi connectivity index (χ2v) is 6.33. The monoisotopic (exact) mass is 272 g/mol. The molecule has 1 aliphatic heterocycles. The SMILES string of the molecule is CC1C(=O)NC(C)(C)C(=O)N1C1Cc2ccccc2C1. The highest BCUT2D eigenvalue weighted by atomic mass is 16.2. The zero-order valence-corrected chi connectivity index (χ0v) is 12.1. The van der Waals surface area contributed by atoms with Crippen LogP contribution in [0.25, 0.3) is 0 Å². The van der Waals surface area contributed by atoms with Gasteiger partial charge in [0.1, 0.15) is 11.6 Å². The molecule has 0 radical (unpaired) electrons. The fourth-order valence-electron chi connectivity index (χ4n) is 3.31. The van der Waals surface area contributed by atoms with E-state index in [0.717, 1.165) is 12.8 Å². The van der Waals surface area contributed by atoms with Crippen molar-refractivity contribution in [3.8, 4) is 0 Å². The summed E-state index contributed by atoms with van der Waals surface area (Å²) in [6.45, 7) is 5.36. The number of carbonyl (C=O) groups is 2. The Morgan fingerprint density at radius 2 is 1.70 bits per heavy atom. The van der Waals surface area contributed by atoms with Gasteiger partial charge in [-0.25, -0.2) is 0 Å². The molecule has 1 heterocycles. The molecule has 1 aromatic carbocycles. The summed E-state index contributed by atoms with van der Waals surface area (Å²) < 4.78 is 0. The van der Waals surface area contributed by atoms with Gasteiger partial charge in [-0.1, -0.05) is 24.3 Å². The third kappa shape index (κ3) is 1.90. The van der Waals surface area contributed by atoms with Crippen LogP contribution in [0.2, 0.25) is 0 Å². The Kier molecular flexibility index (Phi) is 2.85. The van der Waals surface area contributed by atoms with E-state index in [1.165, 1.54) is 11.1 Å². The van der Waals surface area contributed by atoms with E-state index in [0.29, 0.717) is 0 Å². The van der Waals surface area contributed by atoms with Crippen molar-refractivity contribution in [2.45, 2.75) is 51.2 Å². The van der Waals surface area contributed by atoms with Gasteiger partial charge in [0.05, 0.1) is 0 Å². The van der Waals surface area contributed by atoms with Crippen LogP contribution in [0.3, 0.4) is 0 Å². The van der Waals surface area contributed by atoms with Crippen LogP contribution in [0.15, 0.2) is 24.3 Å². The number of nitrogens with one attached hydrogen (secondary N) is 1. The predicted molar refractivity (Wildman–Crippen MR) is 76.2 cm³/mol. The lowest BCUT2D eigenvalue weighted by atomic mass is 9.95. The van der Waals surface area contributed by atoms with Crippen molar-refractivity contribution < 1.29 is 9.59 Å². The zero-order chi connectivity index (χ0) is 14.5. The van der Waals surface area contributed by atoms with Gasteiger partial charge in [0.15, 0.2) is 0 Å². The molecular formula is C16H20N2O2.